The fourth-order valence-corrected chi connectivity index (χ4v) is 6.86. The zero-order valence-corrected chi connectivity index (χ0v) is 33.5. The summed E-state index contributed by atoms with van der Waals surface area (Å²) >= 11 is 0. The maximum absolute atomic E-state index is 12.5. The van der Waals surface area contributed by atoms with Gasteiger partial charge < -0.3 is 9.47 Å². The van der Waals surface area contributed by atoms with Crippen LogP contribution in [-0.4, -0.2) is 18.0 Å². The normalized spacial score (nSPS) is 16.4. The highest BCUT2D eigenvalue weighted by Crippen LogP contribution is 2.24. The van der Waals surface area contributed by atoms with Gasteiger partial charge in [-0.3, -0.25) is 9.59 Å². The van der Waals surface area contributed by atoms with Crippen LogP contribution in [0.2, 0.25) is 0 Å². The first kappa shape index (κ1) is 45.9. The number of hydrogen-bond acceptors (Lipinski definition) is 4. The Balaban J connectivity index is 3.92. The molecular weight excluding hydrogens is 580 g/mol. The molecule has 0 amide bonds. The van der Waals surface area contributed by atoms with Crippen molar-refractivity contribution >= 4 is 11.9 Å². The molecule has 0 aromatic carbocycles. The van der Waals surface area contributed by atoms with Crippen molar-refractivity contribution in [3.63, 3.8) is 0 Å². The number of hydrogen-bond donors (Lipinski definition) is 0. The van der Waals surface area contributed by atoms with Crippen LogP contribution in [0.3, 0.4) is 0 Å². The second kappa shape index (κ2) is 28.7. The van der Waals surface area contributed by atoms with E-state index in [1.54, 1.807) is 6.92 Å². The topological polar surface area (TPSA) is 52.6 Å². The molecule has 0 saturated carbocycles. The molecule has 0 spiro atoms. The van der Waals surface area contributed by atoms with Crippen LogP contribution in [0.5, 0.6) is 0 Å². The first-order chi connectivity index (χ1) is 22.2. The molecule has 7 unspecified atom stereocenters. The average Bonchev–Trinajstić information content (AvgIpc) is 2.95. The monoisotopic (exact) mass is 664 g/mol. The molecule has 7 atom stereocenters. The van der Waals surface area contributed by atoms with Gasteiger partial charge in [0.2, 0.25) is 0 Å². The molecule has 0 fully saturated rings. The van der Waals surface area contributed by atoms with Gasteiger partial charge in [0.1, 0.15) is 6.10 Å². The summed E-state index contributed by atoms with van der Waals surface area (Å²) in [5, 5.41) is 0. The number of ether oxygens (including phenoxy) is 2. The highest BCUT2D eigenvalue weighted by atomic mass is 16.6. The molecule has 1 radical (unpaired) electrons. The van der Waals surface area contributed by atoms with Gasteiger partial charge in [0, 0.05) is 12.8 Å². The van der Waals surface area contributed by atoms with Crippen molar-refractivity contribution in [2.24, 2.45) is 47.3 Å². The SMILES string of the molecule is CC(C)CCCC(C)CCCC(C)CCCC(C)CC(=O)O[CH]C(C)OC(=O)CC(C)CCCC(C)CCCC(C)CCCC(C)C. The van der Waals surface area contributed by atoms with E-state index >= 15 is 0 Å². The summed E-state index contributed by atoms with van der Waals surface area (Å²) < 4.78 is 10.9. The predicted octanol–water partition coefficient (Wildman–Crippen LogP) is 13.6. The Morgan fingerprint density at radius 3 is 1.00 bits per heavy atom. The molecule has 0 N–H and O–H groups in total. The molecular formula is C43H83O4. The summed E-state index contributed by atoms with van der Waals surface area (Å²) in [6, 6.07) is 0. The second-order valence-electron chi connectivity index (χ2n) is 17.2. The molecule has 0 aliphatic carbocycles. The largest absolute Gasteiger partial charge is 0.459 e. The van der Waals surface area contributed by atoms with Gasteiger partial charge in [-0.1, -0.05) is 185 Å². The minimum absolute atomic E-state index is 0.208. The number of rotatable bonds is 31. The lowest BCUT2D eigenvalue weighted by atomic mass is 9.91. The quantitative estimate of drug-likeness (QED) is 0.0693. The molecule has 0 aliphatic heterocycles. The van der Waals surface area contributed by atoms with Gasteiger partial charge in [-0.15, -0.1) is 0 Å². The van der Waals surface area contributed by atoms with E-state index in [4.69, 9.17) is 9.47 Å². The zero-order valence-electron chi connectivity index (χ0n) is 33.5. The minimum Gasteiger partial charge on any atom is -0.459 e. The molecule has 4 nitrogen and oxygen atoms in total. The Hall–Kier alpha value is -1.06. The number of esters is 2. The van der Waals surface area contributed by atoms with E-state index in [0.717, 1.165) is 61.2 Å². The fourth-order valence-electron chi connectivity index (χ4n) is 6.86. The van der Waals surface area contributed by atoms with Crippen molar-refractivity contribution in [2.75, 3.05) is 0 Å². The van der Waals surface area contributed by atoms with E-state index in [0.29, 0.717) is 24.7 Å². The first-order valence-corrected chi connectivity index (χ1v) is 20.4. The third kappa shape index (κ3) is 30.7. The molecule has 0 aliphatic rings. The third-order valence-corrected chi connectivity index (χ3v) is 10.3. The average molecular weight is 664 g/mol. The van der Waals surface area contributed by atoms with Gasteiger partial charge >= 0.3 is 11.9 Å². The van der Waals surface area contributed by atoms with Gasteiger partial charge in [0.05, 0.1) is 0 Å². The smallest absolute Gasteiger partial charge is 0.306 e. The van der Waals surface area contributed by atoms with Crippen LogP contribution >= 0.6 is 0 Å². The van der Waals surface area contributed by atoms with E-state index in [1.165, 1.54) is 96.5 Å². The van der Waals surface area contributed by atoms with Gasteiger partial charge in [0.25, 0.3) is 0 Å². The van der Waals surface area contributed by atoms with Crippen LogP contribution in [0.25, 0.3) is 0 Å². The van der Waals surface area contributed by atoms with E-state index < -0.39 is 6.10 Å². The van der Waals surface area contributed by atoms with Gasteiger partial charge in [-0.2, -0.15) is 0 Å². The van der Waals surface area contributed by atoms with Crippen molar-refractivity contribution in [1.29, 1.82) is 0 Å². The van der Waals surface area contributed by atoms with Crippen molar-refractivity contribution in [2.45, 2.75) is 211 Å². The number of carbonyl (C=O) groups excluding carboxylic acids is 2. The predicted molar refractivity (Wildman–Crippen MR) is 203 cm³/mol. The third-order valence-electron chi connectivity index (χ3n) is 10.3. The van der Waals surface area contributed by atoms with E-state index in [9.17, 15) is 9.59 Å². The van der Waals surface area contributed by atoms with E-state index in [1.807, 2.05) is 0 Å². The molecule has 0 rings (SSSR count). The second-order valence-corrected chi connectivity index (χ2v) is 17.2. The Kier molecular flexibility index (Phi) is 28.1. The summed E-state index contributed by atoms with van der Waals surface area (Å²) in [4.78, 5) is 24.8. The molecule has 0 saturated heterocycles. The minimum atomic E-state index is -0.527. The van der Waals surface area contributed by atoms with Gasteiger partial charge in [-0.05, 0) is 54.3 Å². The zero-order chi connectivity index (χ0) is 35.6. The summed E-state index contributed by atoms with van der Waals surface area (Å²) in [7, 11) is 0. The molecule has 279 valence electrons. The standard InChI is InChI=1S/C43H83O4/c1-33(2)18-12-20-35(5)22-14-24-37(7)26-16-28-39(9)30-42(44)46-32-41(11)47-43(45)31-40(10)29-17-27-38(8)25-15-23-36(6)21-13-19-34(3)4/h32-41H,12-31H2,1-11H3. The summed E-state index contributed by atoms with van der Waals surface area (Å²) in [5.74, 6) is 5.00. The van der Waals surface area contributed by atoms with Crippen molar-refractivity contribution in [1.82, 2.24) is 0 Å². The Bertz CT molecular complexity index is 746. The fraction of sp³-hybridized carbons (Fsp3) is 0.930. The Morgan fingerprint density at radius 2 is 0.681 bits per heavy atom. The summed E-state index contributed by atoms with van der Waals surface area (Å²) in [6.07, 6.45) is 23.4. The van der Waals surface area contributed by atoms with Crippen molar-refractivity contribution in [3.8, 4) is 0 Å². The summed E-state index contributed by atoms with van der Waals surface area (Å²) in [5.41, 5.74) is 0. The molecule has 0 heterocycles. The van der Waals surface area contributed by atoms with E-state index in [-0.39, 0.29) is 11.9 Å². The highest BCUT2D eigenvalue weighted by molar-refractivity contribution is 5.71. The lowest BCUT2D eigenvalue weighted by Crippen LogP contribution is -2.20. The van der Waals surface area contributed by atoms with Gasteiger partial charge in [-0.25, -0.2) is 0 Å². The first-order valence-electron chi connectivity index (χ1n) is 20.4. The van der Waals surface area contributed by atoms with Crippen LogP contribution in [0.1, 0.15) is 205 Å². The lowest BCUT2D eigenvalue weighted by molar-refractivity contribution is -0.154. The van der Waals surface area contributed by atoms with Crippen LogP contribution in [0.15, 0.2) is 0 Å². The lowest BCUT2D eigenvalue weighted by Gasteiger charge is -2.18. The summed E-state index contributed by atoms with van der Waals surface area (Å²) in [6.45, 7) is 26.3. The van der Waals surface area contributed by atoms with Crippen molar-refractivity contribution in [3.05, 3.63) is 6.61 Å². The van der Waals surface area contributed by atoms with Crippen molar-refractivity contribution < 1.29 is 19.1 Å². The number of carbonyl (C=O) groups is 2. The maximum atomic E-state index is 12.5. The maximum Gasteiger partial charge on any atom is 0.306 e. The highest BCUT2D eigenvalue weighted by Gasteiger charge is 2.18. The van der Waals surface area contributed by atoms with Crippen LogP contribution in [0, 0.1) is 54.0 Å². The molecule has 0 aromatic heterocycles. The van der Waals surface area contributed by atoms with Gasteiger partial charge in [0.15, 0.2) is 6.61 Å². The Labute approximate surface area is 295 Å². The van der Waals surface area contributed by atoms with Crippen LogP contribution in [0.4, 0.5) is 0 Å². The molecule has 0 aromatic rings. The van der Waals surface area contributed by atoms with Crippen LogP contribution in [-0.2, 0) is 19.1 Å². The molecule has 47 heavy (non-hydrogen) atoms. The molecule has 0 bridgehead atoms. The Morgan fingerprint density at radius 1 is 0.404 bits per heavy atom. The molecule has 4 heteroatoms. The van der Waals surface area contributed by atoms with E-state index in [2.05, 4.69) is 69.2 Å². The van der Waals surface area contributed by atoms with Crippen LogP contribution < -0.4 is 0 Å².